The van der Waals surface area contributed by atoms with Crippen LogP contribution in [0.25, 0.3) is 93.7 Å². The predicted octanol–water partition coefficient (Wildman–Crippen LogP) is -4.52. The van der Waals surface area contributed by atoms with E-state index in [2.05, 4.69) is 18.2 Å². The summed E-state index contributed by atoms with van der Waals surface area (Å²) in [6.07, 6.45) is 0. The maximum absolute atomic E-state index is 16.0. The maximum Gasteiger partial charge on any atom is 1.00 e. The Morgan fingerprint density at radius 1 is 0.433 bits per heavy atom. The average Bonchev–Trinajstić information content (AvgIpc) is 0.698. The standard InChI is InChI=1S/C66H46NO14S3.6Na/c1-37(2)46-20-13-21-47(38(3)4)61(46)67-65(68)53-35-56(80-62-48(39-15-7-5-8-16-39)22-14-23-49(62)40-17-9-6-10-18-40)59-50-19-11-12-24-55(50)79-64-57(36-54(66(67)69)58(53)60(59)64)81-63-51(41-25-29-43(30-26-41)82(70,71)72)33-45(84(76,77)78)34-52(63)42-27-31-44(32-28-42)83(73,74)75;;;;;;/h7-13,15-38H,1-4H3,(H,70,71,72)(H,73,74,75)(H,76,77,78);;;;;;/q-3;6*+1/p-3. The van der Waals surface area contributed by atoms with E-state index in [4.69, 9.17) is 13.9 Å². The van der Waals surface area contributed by atoms with Gasteiger partial charge < -0.3 is 27.5 Å². The van der Waals surface area contributed by atoms with Crippen molar-refractivity contribution >= 4 is 73.8 Å². The molecule has 0 N–H and O–H groups in total. The van der Waals surface area contributed by atoms with Gasteiger partial charge >= 0.3 is 177 Å². The summed E-state index contributed by atoms with van der Waals surface area (Å²) in [6, 6.07) is 53.8. The SMILES string of the molecule is CC(C)c1cccc(C(C)C)c1-n1c(=O)c2cc(Oc3c(-c4ccc(S(=O)(=O)[O-])cc4)cc(S(=O)(=O)[O-])cc3-c3ccc(S(=O)(=O)[O-])cc3)c3oc4ccccc4c4c(Oc5c(-c6cc[c-]cc6)c[c-]cc5-c5cc[c-]cc5)cc(c1=O)c2c34.[Na+].[Na+].[Na+].[Na+].[Na+].[Na+]. The molecule has 10 aromatic carbocycles. The molecule has 0 radical (unpaired) electrons. The molecule has 0 bridgehead atoms. The quantitative estimate of drug-likeness (QED) is 0.0328. The van der Waals surface area contributed by atoms with Crippen molar-refractivity contribution in [2.24, 2.45) is 0 Å². The number of rotatable bonds is 14. The molecule has 0 aliphatic heterocycles. The Balaban J connectivity index is 0.00000215. The predicted molar refractivity (Wildman–Crippen MR) is 315 cm³/mol. The fourth-order valence-corrected chi connectivity index (χ4v) is 12.3. The van der Waals surface area contributed by atoms with Crippen molar-refractivity contribution in [2.75, 3.05) is 0 Å². The Labute approximate surface area is 652 Å². The molecule has 0 spiro atoms. The molecular formula is C66H43NNa6O14S3. The number of ether oxygens (including phenoxy) is 2. The third-order valence-corrected chi connectivity index (χ3v) is 17.3. The normalized spacial score (nSPS) is 11.5. The summed E-state index contributed by atoms with van der Waals surface area (Å²) in [5.74, 6) is -0.358. The molecule has 2 heterocycles. The van der Waals surface area contributed by atoms with Gasteiger partial charge in [-0.1, -0.05) is 88.4 Å². The Bertz CT molecular complexity index is 4970. The fraction of sp³-hybridized carbons (Fsp3) is 0.0909. The van der Waals surface area contributed by atoms with Crippen LogP contribution in [0.15, 0.2) is 205 Å². The molecule has 12 aromatic rings. The summed E-state index contributed by atoms with van der Waals surface area (Å²) in [6.45, 7) is 7.81. The molecule has 90 heavy (non-hydrogen) atoms. The first kappa shape index (κ1) is 75.8. The number of benzene rings is 10. The van der Waals surface area contributed by atoms with E-state index in [0.29, 0.717) is 44.5 Å². The summed E-state index contributed by atoms with van der Waals surface area (Å²) in [4.78, 5) is 29.9. The van der Waals surface area contributed by atoms with Crippen molar-refractivity contribution in [2.45, 2.75) is 54.2 Å². The number of fused-ring (bicyclic) bond motifs is 2. The monoisotopic (exact) mass is 1310 g/mol. The number of nitrogens with zero attached hydrogens (tertiary/aromatic N) is 1. The van der Waals surface area contributed by atoms with Crippen LogP contribution in [0.4, 0.5) is 0 Å². The van der Waals surface area contributed by atoms with E-state index in [1.54, 1.807) is 66.7 Å². The zero-order valence-corrected chi connectivity index (χ0v) is 65.2. The second-order valence-electron chi connectivity index (χ2n) is 20.6. The van der Waals surface area contributed by atoms with Crippen molar-refractivity contribution in [3.63, 3.8) is 0 Å². The number of pyridine rings is 1. The van der Waals surface area contributed by atoms with E-state index in [1.807, 2.05) is 70.2 Å². The van der Waals surface area contributed by atoms with Crippen LogP contribution in [-0.4, -0.2) is 43.5 Å². The van der Waals surface area contributed by atoms with E-state index in [-0.39, 0.29) is 261 Å². The summed E-state index contributed by atoms with van der Waals surface area (Å²) in [7, 11) is -15.4. The van der Waals surface area contributed by atoms with Gasteiger partial charge in [0.05, 0.1) is 31.1 Å². The van der Waals surface area contributed by atoms with Crippen LogP contribution in [0.2, 0.25) is 0 Å². The minimum absolute atomic E-state index is 0. The summed E-state index contributed by atoms with van der Waals surface area (Å²) < 4.78 is 135. The smallest absolute Gasteiger partial charge is 0.744 e. The molecule has 24 heteroatoms. The topological polar surface area (TPSA) is 242 Å². The minimum Gasteiger partial charge on any atom is -0.744 e. The maximum atomic E-state index is 16.0. The molecule has 0 amide bonds. The fourth-order valence-electron chi connectivity index (χ4n) is 10.9. The van der Waals surface area contributed by atoms with Crippen LogP contribution in [0.3, 0.4) is 0 Å². The molecule has 0 fully saturated rings. The van der Waals surface area contributed by atoms with Crippen LogP contribution in [0.5, 0.6) is 23.0 Å². The van der Waals surface area contributed by atoms with E-state index in [1.165, 1.54) is 30.3 Å². The largest absolute Gasteiger partial charge is 1.00 e. The minimum atomic E-state index is -5.36. The van der Waals surface area contributed by atoms with Crippen LogP contribution in [-0.2, 0) is 30.4 Å². The van der Waals surface area contributed by atoms with Gasteiger partial charge in [-0.3, -0.25) is 9.59 Å². The van der Waals surface area contributed by atoms with Crippen LogP contribution in [0, 0.1) is 18.2 Å². The van der Waals surface area contributed by atoms with Gasteiger partial charge in [-0.15, -0.1) is 11.1 Å². The Morgan fingerprint density at radius 2 is 0.844 bits per heavy atom. The third kappa shape index (κ3) is 14.6. The molecule has 0 aliphatic carbocycles. The number of hydrogen-bond donors (Lipinski definition) is 0. The van der Waals surface area contributed by atoms with Crippen LogP contribution in [0.1, 0.15) is 50.7 Å². The average molecular weight is 1310 g/mol. The van der Waals surface area contributed by atoms with Gasteiger partial charge in [0.25, 0.3) is 11.1 Å². The summed E-state index contributed by atoms with van der Waals surface area (Å²) in [5, 5.41) is 1.20. The Hall–Kier alpha value is -3.27. The molecule has 0 unspecified atom stereocenters. The number of aromatic nitrogens is 1. The van der Waals surface area contributed by atoms with Crippen molar-refractivity contribution in [1.82, 2.24) is 4.57 Å². The van der Waals surface area contributed by atoms with Crippen LogP contribution >= 0.6 is 0 Å². The zero-order chi connectivity index (χ0) is 59.1. The third-order valence-electron chi connectivity index (χ3n) is 14.8. The summed E-state index contributed by atoms with van der Waals surface area (Å²) >= 11 is 0. The zero-order valence-electron chi connectivity index (χ0n) is 50.8. The van der Waals surface area contributed by atoms with Crippen molar-refractivity contribution in [3.05, 3.63) is 226 Å². The molecule has 0 aliphatic rings. The van der Waals surface area contributed by atoms with E-state index in [9.17, 15) is 38.9 Å². The molecule has 0 atom stereocenters. The van der Waals surface area contributed by atoms with Gasteiger partial charge in [0.2, 0.25) is 0 Å². The first-order valence-electron chi connectivity index (χ1n) is 26.1. The second-order valence-corrected chi connectivity index (χ2v) is 24.7. The van der Waals surface area contributed by atoms with Gasteiger partial charge in [0.1, 0.15) is 47.4 Å². The Kier molecular flexibility index (Phi) is 25.4. The molecule has 2 aromatic heterocycles. The molecule has 15 nitrogen and oxygen atoms in total. The first-order valence-corrected chi connectivity index (χ1v) is 30.3. The molecular weight excluding hydrogens is 1260 g/mol. The van der Waals surface area contributed by atoms with Gasteiger partial charge in [-0.2, -0.15) is 90.0 Å². The molecule has 12 rings (SSSR count). The van der Waals surface area contributed by atoms with Crippen molar-refractivity contribution < 1.29 is 230 Å². The van der Waals surface area contributed by atoms with Crippen molar-refractivity contribution in [3.8, 4) is 73.2 Å². The van der Waals surface area contributed by atoms with Crippen LogP contribution < -0.4 is 198 Å². The number of para-hydroxylation sites is 2. The number of hydrogen-bond acceptors (Lipinski definition) is 14. The van der Waals surface area contributed by atoms with E-state index < -0.39 is 56.2 Å². The van der Waals surface area contributed by atoms with E-state index >= 15 is 9.59 Å². The summed E-state index contributed by atoms with van der Waals surface area (Å²) in [5.41, 5.74) is 2.96. The molecule has 0 saturated carbocycles. The van der Waals surface area contributed by atoms with Crippen molar-refractivity contribution in [1.29, 1.82) is 0 Å². The van der Waals surface area contributed by atoms with E-state index in [0.717, 1.165) is 52.1 Å². The Morgan fingerprint density at radius 3 is 1.29 bits per heavy atom. The van der Waals surface area contributed by atoms with Gasteiger partial charge in [-0.05, 0) is 88.7 Å². The molecule has 0 saturated heterocycles. The van der Waals surface area contributed by atoms with Gasteiger partial charge in [0.15, 0.2) is 11.3 Å². The second kappa shape index (κ2) is 30.2. The van der Waals surface area contributed by atoms with Gasteiger partial charge in [-0.25, -0.2) is 29.8 Å². The first-order chi connectivity index (χ1) is 40.1. The van der Waals surface area contributed by atoms with Gasteiger partial charge in [0, 0.05) is 38.4 Å². The molecule has 420 valence electrons.